The molecule has 0 unspecified atom stereocenters. The number of benzene rings is 6. The summed E-state index contributed by atoms with van der Waals surface area (Å²) in [4.78, 5) is 0. The Morgan fingerprint density at radius 2 is 0.548 bits per heavy atom. The zero-order chi connectivity index (χ0) is 45.3. The molecule has 0 bridgehead atoms. The molecule has 0 saturated carbocycles. The normalized spacial score (nSPS) is 13.6. The van der Waals surface area contributed by atoms with Crippen LogP contribution >= 0.6 is 0 Å². The molecule has 62 heavy (non-hydrogen) atoms. The number of hydrogen-bond acceptors (Lipinski definition) is 0. The SMILES string of the molecule is CC(C)(C)c1ccc2c(c1)c1cc(C(C)(C)C)ccc1n2-c1ccc(C(F)(F)F)c(-c2cc(-n3c4ccc(C(C)(C)C)cc4c4cc(C(C)(C)C)ccc43)ccc2C(F)(F)F)c1. The molecular weight excluding hydrogens is 791 g/mol. The van der Waals surface area contributed by atoms with Gasteiger partial charge in [0.2, 0.25) is 0 Å². The van der Waals surface area contributed by atoms with E-state index in [1.807, 2.05) is 57.7 Å². The highest BCUT2D eigenvalue weighted by Crippen LogP contribution is 2.47. The van der Waals surface area contributed by atoms with Crippen molar-refractivity contribution < 1.29 is 26.3 Å². The van der Waals surface area contributed by atoms with Crippen LogP contribution in [0.4, 0.5) is 26.3 Å². The molecule has 8 rings (SSSR count). The summed E-state index contributed by atoms with van der Waals surface area (Å²) < 4.78 is 95.1. The fourth-order valence-corrected chi connectivity index (χ4v) is 8.75. The maximum absolute atomic E-state index is 15.2. The summed E-state index contributed by atoms with van der Waals surface area (Å²) in [6.07, 6.45) is -9.92. The lowest BCUT2D eigenvalue weighted by molar-refractivity contribution is -0.139. The minimum Gasteiger partial charge on any atom is -0.309 e. The molecule has 0 spiro atoms. The summed E-state index contributed by atoms with van der Waals surface area (Å²) >= 11 is 0. The molecule has 0 N–H and O–H groups in total. The van der Waals surface area contributed by atoms with E-state index in [2.05, 4.69) is 107 Å². The molecule has 322 valence electrons. The Hall–Kier alpha value is -5.50. The van der Waals surface area contributed by atoms with Crippen molar-refractivity contribution >= 4 is 43.6 Å². The van der Waals surface area contributed by atoms with Crippen LogP contribution in [0, 0.1) is 0 Å². The van der Waals surface area contributed by atoms with E-state index in [0.29, 0.717) is 11.4 Å². The van der Waals surface area contributed by atoms with Gasteiger partial charge in [-0.25, -0.2) is 0 Å². The van der Waals surface area contributed by atoms with Crippen LogP contribution in [0.2, 0.25) is 0 Å². The molecule has 0 atom stereocenters. The van der Waals surface area contributed by atoms with Crippen molar-refractivity contribution in [1.29, 1.82) is 0 Å². The molecule has 0 aliphatic rings. The number of nitrogens with zero attached hydrogens (tertiary/aromatic N) is 2. The number of halogens is 6. The first kappa shape index (κ1) is 43.2. The van der Waals surface area contributed by atoms with Crippen molar-refractivity contribution in [3.8, 4) is 22.5 Å². The molecule has 0 aliphatic carbocycles. The Bertz CT molecular complexity index is 2720. The Labute approximate surface area is 360 Å². The van der Waals surface area contributed by atoms with Crippen molar-refractivity contribution in [1.82, 2.24) is 9.13 Å². The third-order valence-corrected chi connectivity index (χ3v) is 12.4. The van der Waals surface area contributed by atoms with Gasteiger partial charge in [0.05, 0.1) is 33.2 Å². The second-order valence-corrected chi connectivity index (χ2v) is 21.1. The highest BCUT2D eigenvalue weighted by molar-refractivity contribution is 6.11. The summed E-state index contributed by atoms with van der Waals surface area (Å²) in [6, 6.07) is 31.5. The lowest BCUT2D eigenvalue weighted by Gasteiger charge is -2.22. The van der Waals surface area contributed by atoms with Gasteiger partial charge in [0, 0.05) is 32.9 Å². The summed E-state index contributed by atoms with van der Waals surface area (Å²) in [6.45, 7) is 25.4. The summed E-state index contributed by atoms with van der Waals surface area (Å²) in [5.74, 6) is 0. The van der Waals surface area contributed by atoms with E-state index in [4.69, 9.17) is 0 Å². The first-order chi connectivity index (χ1) is 28.5. The zero-order valence-electron chi connectivity index (χ0n) is 37.6. The van der Waals surface area contributed by atoms with Gasteiger partial charge in [0.25, 0.3) is 0 Å². The third kappa shape index (κ3) is 7.47. The largest absolute Gasteiger partial charge is 0.417 e. The molecule has 8 heteroatoms. The monoisotopic (exact) mass is 844 g/mol. The predicted octanol–water partition coefficient (Wildman–Crippen LogP) is 16.8. The quantitative estimate of drug-likeness (QED) is 0.157. The molecule has 6 aromatic carbocycles. The maximum atomic E-state index is 15.2. The Morgan fingerprint density at radius 1 is 0.306 bits per heavy atom. The van der Waals surface area contributed by atoms with Crippen molar-refractivity contribution in [2.24, 2.45) is 0 Å². The minimum atomic E-state index is -4.96. The molecule has 2 nitrogen and oxygen atoms in total. The fraction of sp³-hybridized carbons (Fsp3) is 0.333. The van der Waals surface area contributed by atoms with E-state index in [9.17, 15) is 0 Å². The van der Waals surface area contributed by atoms with Crippen molar-refractivity contribution in [2.45, 2.75) is 117 Å². The fourth-order valence-electron chi connectivity index (χ4n) is 8.75. The second kappa shape index (κ2) is 14.0. The van der Waals surface area contributed by atoms with Crippen LogP contribution in [0.25, 0.3) is 66.1 Å². The van der Waals surface area contributed by atoms with Gasteiger partial charge in [0.15, 0.2) is 0 Å². The molecule has 0 amide bonds. The molecule has 0 saturated heterocycles. The number of rotatable bonds is 3. The Balaban J connectivity index is 1.44. The van der Waals surface area contributed by atoms with Crippen LogP contribution < -0.4 is 0 Å². The van der Waals surface area contributed by atoms with Crippen molar-refractivity contribution in [3.05, 3.63) is 143 Å². The van der Waals surface area contributed by atoms with E-state index in [1.165, 1.54) is 24.3 Å². The molecule has 8 aromatic rings. The number of alkyl halides is 6. The lowest BCUT2D eigenvalue weighted by atomic mass is 9.85. The minimum absolute atomic E-state index is 0.190. The highest BCUT2D eigenvalue weighted by Gasteiger charge is 2.39. The van der Waals surface area contributed by atoms with Crippen LogP contribution in [0.1, 0.15) is 116 Å². The Morgan fingerprint density at radius 3 is 0.758 bits per heavy atom. The first-order valence-corrected chi connectivity index (χ1v) is 21.2. The van der Waals surface area contributed by atoms with E-state index >= 15 is 26.3 Å². The van der Waals surface area contributed by atoms with Gasteiger partial charge in [-0.3, -0.25) is 0 Å². The molecule has 0 radical (unpaired) electrons. The topological polar surface area (TPSA) is 9.86 Å². The maximum Gasteiger partial charge on any atom is 0.417 e. The van der Waals surface area contributed by atoms with E-state index in [1.54, 1.807) is 0 Å². The van der Waals surface area contributed by atoms with Crippen LogP contribution in [0.3, 0.4) is 0 Å². The van der Waals surface area contributed by atoms with Gasteiger partial charge in [-0.05, 0) is 140 Å². The van der Waals surface area contributed by atoms with Crippen LogP contribution in [0.15, 0.2) is 109 Å². The van der Waals surface area contributed by atoms with Crippen molar-refractivity contribution in [3.63, 3.8) is 0 Å². The van der Waals surface area contributed by atoms with Gasteiger partial charge >= 0.3 is 12.4 Å². The zero-order valence-corrected chi connectivity index (χ0v) is 37.6. The van der Waals surface area contributed by atoms with Crippen LogP contribution in [0.5, 0.6) is 0 Å². The first-order valence-electron chi connectivity index (χ1n) is 21.2. The van der Waals surface area contributed by atoms with Gasteiger partial charge < -0.3 is 9.13 Å². The van der Waals surface area contributed by atoms with Crippen LogP contribution in [-0.4, -0.2) is 9.13 Å². The standard InChI is InChI=1S/C54H54F6N2/c1-49(2,3)31-13-21-45-39(25-31)40-26-32(50(4,5)6)14-22-46(40)61(45)35-17-19-43(53(55,56)57)37(29-35)38-30-36(18-20-44(38)54(58,59)60)62-47-23-15-33(51(7,8)9)27-41(47)42-28-34(52(10,11)12)16-24-48(42)62/h13-30H,1-12H3. The average Bonchev–Trinajstić information content (AvgIpc) is 3.67. The number of fused-ring (bicyclic) bond motifs is 6. The molecule has 2 aromatic heterocycles. The smallest absolute Gasteiger partial charge is 0.309 e. The van der Waals surface area contributed by atoms with E-state index in [-0.39, 0.29) is 21.7 Å². The van der Waals surface area contributed by atoms with Gasteiger partial charge in [0.1, 0.15) is 0 Å². The predicted molar refractivity (Wildman–Crippen MR) is 245 cm³/mol. The molecule has 0 fully saturated rings. The molecule has 0 aliphatic heterocycles. The second-order valence-electron chi connectivity index (χ2n) is 21.1. The Kier molecular flexibility index (Phi) is 9.75. The number of hydrogen-bond donors (Lipinski definition) is 0. The van der Waals surface area contributed by atoms with Crippen molar-refractivity contribution in [2.75, 3.05) is 0 Å². The lowest BCUT2D eigenvalue weighted by Crippen LogP contribution is -2.13. The van der Waals surface area contributed by atoms with Gasteiger partial charge in [-0.15, -0.1) is 0 Å². The summed E-state index contributed by atoms with van der Waals surface area (Å²) in [5, 5.41) is 3.64. The van der Waals surface area contributed by atoms with E-state index < -0.39 is 34.6 Å². The van der Waals surface area contributed by atoms with Crippen LogP contribution in [-0.2, 0) is 34.0 Å². The summed E-state index contributed by atoms with van der Waals surface area (Å²) in [5.41, 5.74) is 3.76. The average molecular weight is 845 g/mol. The summed E-state index contributed by atoms with van der Waals surface area (Å²) in [7, 11) is 0. The van der Waals surface area contributed by atoms with Gasteiger partial charge in [-0.1, -0.05) is 107 Å². The highest BCUT2D eigenvalue weighted by atomic mass is 19.4. The third-order valence-electron chi connectivity index (χ3n) is 12.4. The number of aromatic nitrogens is 2. The molecule has 2 heterocycles. The van der Waals surface area contributed by atoms with Gasteiger partial charge in [-0.2, -0.15) is 26.3 Å². The molecular formula is C54H54F6N2. The van der Waals surface area contributed by atoms with E-state index in [0.717, 1.165) is 78.0 Å².